The third kappa shape index (κ3) is 5.47. The Morgan fingerprint density at radius 3 is 2.82 bits per heavy atom. The fourth-order valence-corrected chi connectivity index (χ4v) is 2.70. The molecule has 0 spiro atoms. The molecule has 0 unspecified atom stereocenters. The molecule has 28 heavy (non-hydrogen) atoms. The zero-order chi connectivity index (χ0) is 19.8. The summed E-state index contributed by atoms with van der Waals surface area (Å²) >= 11 is 6.01. The fourth-order valence-electron chi connectivity index (χ4n) is 2.51. The highest BCUT2D eigenvalue weighted by molar-refractivity contribution is 6.30. The topological polar surface area (TPSA) is 84.6 Å². The fraction of sp³-hybridized carbons (Fsp3) is 0.250. The molecule has 0 aliphatic carbocycles. The lowest BCUT2D eigenvalue weighted by Crippen LogP contribution is -2.36. The van der Waals surface area contributed by atoms with Gasteiger partial charge in [0.25, 0.3) is 0 Å². The van der Waals surface area contributed by atoms with Crippen LogP contribution in [0.15, 0.2) is 58.0 Å². The lowest BCUT2D eigenvalue weighted by atomic mass is 10.2. The molecule has 0 aliphatic heterocycles. The SMILES string of the molecule is CCNC(=NCc1cccc(OC)c1)NCc1nc(-c2cccc(Cl)c2)no1. The van der Waals surface area contributed by atoms with Crippen molar-refractivity contribution in [1.82, 2.24) is 20.8 Å². The summed E-state index contributed by atoms with van der Waals surface area (Å²) in [5.74, 6) is 2.43. The number of aliphatic imine (C=N–C) groups is 1. The normalized spacial score (nSPS) is 11.3. The van der Waals surface area contributed by atoms with E-state index in [1.165, 1.54) is 0 Å². The lowest BCUT2D eigenvalue weighted by molar-refractivity contribution is 0.375. The predicted molar refractivity (Wildman–Crippen MR) is 109 cm³/mol. The number of nitrogens with zero attached hydrogens (tertiary/aromatic N) is 3. The molecule has 2 aromatic carbocycles. The van der Waals surface area contributed by atoms with E-state index in [9.17, 15) is 0 Å². The Labute approximate surface area is 168 Å². The van der Waals surface area contributed by atoms with Crippen LogP contribution in [0.25, 0.3) is 11.4 Å². The second-order valence-corrected chi connectivity index (χ2v) is 6.36. The summed E-state index contributed by atoms with van der Waals surface area (Å²) < 4.78 is 10.6. The van der Waals surface area contributed by atoms with Crippen molar-refractivity contribution in [3.8, 4) is 17.1 Å². The van der Waals surface area contributed by atoms with Crippen LogP contribution in [0.1, 0.15) is 18.4 Å². The Bertz CT molecular complexity index is 942. The predicted octanol–water partition coefficient (Wildman–Crippen LogP) is 3.65. The lowest BCUT2D eigenvalue weighted by Gasteiger charge is -2.09. The zero-order valence-corrected chi connectivity index (χ0v) is 16.5. The number of hydrogen-bond acceptors (Lipinski definition) is 5. The minimum absolute atomic E-state index is 0.359. The van der Waals surface area contributed by atoms with Gasteiger partial charge in [-0.2, -0.15) is 4.98 Å². The van der Waals surface area contributed by atoms with Crippen molar-refractivity contribution >= 4 is 17.6 Å². The summed E-state index contributed by atoms with van der Waals surface area (Å²) in [4.78, 5) is 8.98. The summed E-state index contributed by atoms with van der Waals surface area (Å²) in [5.41, 5.74) is 1.86. The van der Waals surface area contributed by atoms with Gasteiger partial charge in [-0.05, 0) is 36.8 Å². The number of rotatable bonds is 7. The van der Waals surface area contributed by atoms with Crippen LogP contribution >= 0.6 is 11.6 Å². The Morgan fingerprint density at radius 1 is 1.18 bits per heavy atom. The van der Waals surface area contributed by atoms with Crippen molar-refractivity contribution in [3.05, 3.63) is 65.0 Å². The van der Waals surface area contributed by atoms with Crippen LogP contribution in [0, 0.1) is 0 Å². The molecule has 2 N–H and O–H groups in total. The second-order valence-electron chi connectivity index (χ2n) is 5.92. The molecule has 7 nitrogen and oxygen atoms in total. The Balaban J connectivity index is 1.63. The average Bonchev–Trinajstić information content (AvgIpc) is 3.19. The molecule has 0 radical (unpaired) electrons. The molecule has 0 atom stereocenters. The number of guanidine groups is 1. The van der Waals surface area contributed by atoms with Crippen LogP contribution in [0.3, 0.4) is 0 Å². The van der Waals surface area contributed by atoms with Crippen molar-refractivity contribution in [2.75, 3.05) is 13.7 Å². The largest absolute Gasteiger partial charge is 0.497 e. The molecule has 8 heteroatoms. The number of benzene rings is 2. The highest BCUT2D eigenvalue weighted by Crippen LogP contribution is 2.19. The molecule has 0 saturated heterocycles. The Kier molecular flexibility index (Phi) is 6.86. The summed E-state index contributed by atoms with van der Waals surface area (Å²) in [7, 11) is 1.65. The summed E-state index contributed by atoms with van der Waals surface area (Å²) in [6.07, 6.45) is 0. The summed E-state index contributed by atoms with van der Waals surface area (Å²) in [6, 6.07) is 15.1. The minimum atomic E-state index is 0.359. The van der Waals surface area contributed by atoms with E-state index < -0.39 is 0 Å². The first-order valence-corrected chi connectivity index (χ1v) is 9.29. The highest BCUT2D eigenvalue weighted by atomic mass is 35.5. The second kappa shape index (κ2) is 9.75. The van der Waals surface area contributed by atoms with E-state index in [1.807, 2.05) is 43.3 Å². The number of halogens is 1. The van der Waals surface area contributed by atoms with Gasteiger partial charge in [0, 0.05) is 17.1 Å². The maximum absolute atomic E-state index is 6.01. The van der Waals surface area contributed by atoms with Crippen molar-refractivity contribution in [2.45, 2.75) is 20.0 Å². The highest BCUT2D eigenvalue weighted by Gasteiger charge is 2.09. The first-order chi connectivity index (χ1) is 13.7. The molecule has 3 rings (SSSR count). The molecule has 0 saturated carbocycles. The Morgan fingerprint density at radius 2 is 2.04 bits per heavy atom. The molecule has 0 bridgehead atoms. The quantitative estimate of drug-likeness (QED) is 0.466. The number of hydrogen-bond donors (Lipinski definition) is 2. The van der Waals surface area contributed by atoms with Crippen LogP contribution < -0.4 is 15.4 Å². The van der Waals surface area contributed by atoms with Gasteiger partial charge < -0.3 is 19.9 Å². The van der Waals surface area contributed by atoms with Gasteiger partial charge in [0.05, 0.1) is 20.2 Å². The first kappa shape index (κ1) is 19.7. The average molecular weight is 400 g/mol. The maximum Gasteiger partial charge on any atom is 0.246 e. The molecular formula is C20H22ClN5O2. The molecule has 146 valence electrons. The van der Waals surface area contributed by atoms with Crippen molar-refractivity contribution in [3.63, 3.8) is 0 Å². The van der Waals surface area contributed by atoms with Gasteiger partial charge in [-0.15, -0.1) is 0 Å². The van der Waals surface area contributed by atoms with Crippen LogP contribution in [-0.4, -0.2) is 29.8 Å². The van der Waals surface area contributed by atoms with E-state index in [2.05, 4.69) is 25.8 Å². The van der Waals surface area contributed by atoms with Crippen LogP contribution in [0.5, 0.6) is 5.75 Å². The van der Waals surface area contributed by atoms with Gasteiger partial charge in [-0.1, -0.05) is 41.0 Å². The van der Waals surface area contributed by atoms with E-state index in [0.29, 0.717) is 35.8 Å². The van der Waals surface area contributed by atoms with Crippen molar-refractivity contribution < 1.29 is 9.26 Å². The minimum Gasteiger partial charge on any atom is -0.497 e. The van der Waals surface area contributed by atoms with Crippen LogP contribution in [0.2, 0.25) is 5.02 Å². The van der Waals surface area contributed by atoms with Gasteiger partial charge in [0.2, 0.25) is 11.7 Å². The monoisotopic (exact) mass is 399 g/mol. The van der Waals surface area contributed by atoms with Gasteiger partial charge in [0.15, 0.2) is 5.96 Å². The van der Waals surface area contributed by atoms with E-state index >= 15 is 0 Å². The van der Waals surface area contributed by atoms with Crippen LogP contribution in [0.4, 0.5) is 0 Å². The number of nitrogens with one attached hydrogen (secondary N) is 2. The van der Waals surface area contributed by atoms with Crippen molar-refractivity contribution in [1.29, 1.82) is 0 Å². The third-order valence-corrected chi connectivity index (χ3v) is 4.09. The number of methoxy groups -OCH3 is 1. The molecule has 0 fully saturated rings. The molecule has 3 aromatic rings. The first-order valence-electron chi connectivity index (χ1n) is 8.91. The third-order valence-electron chi connectivity index (χ3n) is 3.86. The summed E-state index contributed by atoms with van der Waals surface area (Å²) in [6.45, 7) is 3.62. The van der Waals surface area contributed by atoms with E-state index in [0.717, 1.165) is 23.4 Å². The molecule has 1 aromatic heterocycles. The van der Waals surface area contributed by atoms with Gasteiger partial charge >= 0.3 is 0 Å². The van der Waals surface area contributed by atoms with Crippen molar-refractivity contribution in [2.24, 2.45) is 4.99 Å². The molecule has 1 heterocycles. The van der Waals surface area contributed by atoms with Gasteiger partial charge in [-0.25, -0.2) is 4.99 Å². The molecular weight excluding hydrogens is 378 g/mol. The maximum atomic E-state index is 6.01. The molecule has 0 aliphatic rings. The smallest absolute Gasteiger partial charge is 0.246 e. The van der Waals surface area contributed by atoms with Gasteiger partial charge in [0.1, 0.15) is 5.75 Å². The number of aromatic nitrogens is 2. The van der Waals surface area contributed by atoms with Gasteiger partial charge in [-0.3, -0.25) is 0 Å². The zero-order valence-electron chi connectivity index (χ0n) is 15.8. The van der Waals surface area contributed by atoms with E-state index in [-0.39, 0.29) is 0 Å². The number of ether oxygens (including phenoxy) is 1. The summed E-state index contributed by atoms with van der Waals surface area (Å²) in [5, 5.41) is 11.0. The van der Waals surface area contributed by atoms with E-state index in [4.69, 9.17) is 20.9 Å². The standard InChI is InChI=1S/C20H22ClN5O2/c1-3-22-20(23-12-14-6-4-9-17(10-14)27-2)24-13-18-25-19(26-28-18)15-7-5-8-16(21)11-15/h4-11H,3,12-13H2,1-2H3,(H2,22,23,24). The van der Waals surface area contributed by atoms with Crippen LogP contribution in [-0.2, 0) is 13.1 Å². The van der Waals surface area contributed by atoms with E-state index in [1.54, 1.807) is 19.2 Å². The molecule has 0 amide bonds. The Hall–Kier alpha value is -3.06.